The minimum atomic E-state index is -0.463. The van der Waals surface area contributed by atoms with E-state index in [9.17, 15) is 14.4 Å². The first-order valence-corrected chi connectivity index (χ1v) is 10.8. The normalized spacial score (nSPS) is 27.2. The minimum Gasteiger partial charge on any atom is -0.354 e. The lowest BCUT2D eigenvalue weighted by Gasteiger charge is -2.34. The van der Waals surface area contributed by atoms with Gasteiger partial charge in [-0.15, -0.1) is 0 Å². The fourth-order valence-corrected chi connectivity index (χ4v) is 5.31. The predicted molar refractivity (Wildman–Crippen MR) is 119 cm³/mol. The molecule has 4 rings (SSSR count). The van der Waals surface area contributed by atoms with Crippen LogP contribution in [0, 0.1) is 11.3 Å². The van der Waals surface area contributed by atoms with Gasteiger partial charge in [-0.1, -0.05) is 38.1 Å². The summed E-state index contributed by atoms with van der Waals surface area (Å²) in [6, 6.07) is 7.40. The second kappa shape index (κ2) is 7.67. The number of nitrogens with one attached hydrogen (secondary N) is 4. The fourth-order valence-electron chi connectivity index (χ4n) is 5.31. The third-order valence-electron chi connectivity index (χ3n) is 6.73. The van der Waals surface area contributed by atoms with Crippen LogP contribution in [0.25, 0.3) is 5.57 Å². The maximum Gasteiger partial charge on any atom is 0.317 e. The zero-order valence-corrected chi connectivity index (χ0v) is 18.5. The van der Waals surface area contributed by atoms with Crippen molar-refractivity contribution in [2.45, 2.75) is 39.3 Å². The number of benzene rings is 1. The Bertz CT molecular complexity index is 952. The molecule has 2 atom stereocenters. The van der Waals surface area contributed by atoms with E-state index >= 15 is 0 Å². The van der Waals surface area contributed by atoms with Crippen LogP contribution in [-0.2, 0) is 9.59 Å². The van der Waals surface area contributed by atoms with Crippen LogP contribution in [0.3, 0.4) is 0 Å². The number of anilines is 1. The zero-order chi connectivity index (χ0) is 22.4. The molecule has 0 aliphatic carbocycles. The Hall–Kier alpha value is -2.87. The molecule has 0 spiro atoms. The van der Waals surface area contributed by atoms with E-state index in [1.54, 1.807) is 4.90 Å². The quantitative estimate of drug-likeness (QED) is 0.538. The van der Waals surface area contributed by atoms with Gasteiger partial charge in [-0.25, -0.2) is 4.79 Å². The standard InChI is InChI=1S/C23H31N5O3/c1-22(2)17(13-15-14-7-5-6-8-16(14)26-19(15)29)27-23(3,4)18(22)20(30)24-9-11-28-12-10-25-21(28)31/h5-8,13,17-18,27H,9-12H2,1-4H3,(H,24,30)(H,25,31)(H,26,29)/b15-13-. The van der Waals surface area contributed by atoms with Gasteiger partial charge in [0.2, 0.25) is 5.91 Å². The lowest BCUT2D eigenvalue weighted by atomic mass is 9.70. The number of fused-ring (bicyclic) bond motifs is 1. The van der Waals surface area contributed by atoms with E-state index in [4.69, 9.17) is 0 Å². The average Bonchev–Trinajstić information content (AvgIpc) is 3.28. The molecular weight excluding hydrogens is 394 g/mol. The molecule has 2 saturated heterocycles. The lowest BCUT2D eigenvalue weighted by Crippen LogP contribution is -2.49. The van der Waals surface area contributed by atoms with Crippen LogP contribution >= 0.6 is 0 Å². The topological polar surface area (TPSA) is 103 Å². The van der Waals surface area contributed by atoms with Gasteiger partial charge in [0.25, 0.3) is 5.91 Å². The number of nitrogens with zero attached hydrogens (tertiary/aromatic N) is 1. The molecule has 31 heavy (non-hydrogen) atoms. The first kappa shape index (κ1) is 21.4. The van der Waals surface area contributed by atoms with Crippen LogP contribution in [0.15, 0.2) is 30.3 Å². The van der Waals surface area contributed by atoms with Crippen LogP contribution in [0.1, 0.15) is 33.3 Å². The third-order valence-corrected chi connectivity index (χ3v) is 6.73. The maximum absolute atomic E-state index is 13.2. The number of amides is 4. The first-order valence-electron chi connectivity index (χ1n) is 10.8. The molecule has 0 radical (unpaired) electrons. The Morgan fingerprint density at radius 3 is 2.68 bits per heavy atom. The van der Waals surface area contributed by atoms with E-state index in [0.717, 1.165) is 11.3 Å². The summed E-state index contributed by atoms with van der Waals surface area (Å²) in [6.45, 7) is 10.4. The van der Waals surface area contributed by atoms with Gasteiger partial charge in [-0.05, 0) is 25.3 Å². The van der Waals surface area contributed by atoms with Gasteiger partial charge in [0, 0.05) is 54.6 Å². The summed E-state index contributed by atoms with van der Waals surface area (Å²) in [5, 5.41) is 12.3. The first-order chi connectivity index (χ1) is 14.6. The Morgan fingerprint density at radius 1 is 1.23 bits per heavy atom. The van der Waals surface area contributed by atoms with Gasteiger partial charge in [-0.2, -0.15) is 0 Å². The molecule has 3 aliphatic heterocycles. The van der Waals surface area contributed by atoms with Gasteiger partial charge < -0.3 is 26.2 Å². The molecule has 8 nitrogen and oxygen atoms in total. The fraction of sp³-hybridized carbons (Fsp3) is 0.522. The molecule has 3 aliphatic rings. The van der Waals surface area contributed by atoms with Crippen molar-refractivity contribution in [1.82, 2.24) is 20.9 Å². The van der Waals surface area contributed by atoms with Gasteiger partial charge >= 0.3 is 6.03 Å². The number of rotatable bonds is 5. The molecule has 1 aromatic rings. The summed E-state index contributed by atoms with van der Waals surface area (Å²) < 4.78 is 0. The Balaban J connectivity index is 1.50. The molecule has 3 heterocycles. The molecular formula is C23H31N5O3. The van der Waals surface area contributed by atoms with Crippen molar-refractivity contribution in [2.24, 2.45) is 11.3 Å². The van der Waals surface area contributed by atoms with Gasteiger partial charge in [0.1, 0.15) is 0 Å². The number of hydrogen-bond acceptors (Lipinski definition) is 4. The maximum atomic E-state index is 13.2. The zero-order valence-electron chi connectivity index (χ0n) is 18.5. The number of hydrogen-bond donors (Lipinski definition) is 4. The number of urea groups is 1. The molecule has 0 saturated carbocycles. The second-order valence-electron chi connectivity index (χ2n) is 9.69. The summed E-state index contributed by atoms with van der Waals surface area (Å²) in [7, 11) is 0. The van der Waals surface area contributed by atoms with E-state index < -0.39 is 11.0 Å². The van der Waals surface area contributed by atoms with E-state index in [1.807, 2.05) is 44.2 Å². The lowest BCUT2D eigenvalue weighted by molar-refractivity contribution is -0.129. The monoisotopic (exact) mass is 425 g/mol. The van der Waals surface area contributed by atoms with Crippen LogP contribution in [0.2, 0.25) is 0 Å². The van der Waals surface area contributed by atoms with Gasteiger partial charge in [0.05, 0.1) is 5.92 Å². The smallest absolute Gasteiger partial charge is 0.317 e. The molecule has 8 heteroatoms. The van der Waals surface area contributed by atoms with Crippen LogP contribution in [0.4, 0.5) is 10.5 Å². The third kappa shape index (κ3) is 3.80. The summed E-state index contributed by atoms with van der Waals surface area (Å²) >= 11 is 0. The van der Waals surface area contributed by atoms with Crippen molar-refractivity contribution < 1.29 is 14.4 Å². The Morgan fingerprint density at radius 2 is 1.97 bits per heavy atom. The van der Waals surface area contributed by atoms with E-state index in [-0.39, 0.29) is 29.8 Å². The SMILES string of the molecule is CC1(C)NC(/C=C2\C(=O)Nc3ccccc32)C(C)(C)C1C(=O)NCCN1CCNC1=O. The summed E-state index contributed by atoms with van der Waals surface area (Å²) in [4.78, 5) is 39.2. The largest absolute Gasteiger partial charge is 0.354 e. The summed E-state index contributed by atoms with van der Waals surface area (Å²) in [6.07, 6.45) is 1.96. The van der Waals surface area contributed by atoms with Crippen molar-refractivity contribution in [3.8, 4) is 0 Å². The number of carbonyl (C=O) groups excluding carboxylic acids is 3. The summed E-state index contributed by atoms with van der Waals surface area (Å²) in [5.74, 6) is -0.471. The van der Waals surface area contributed by atoms with Crippen molar-refractivity contribution in [3.63, 3.8) is 0 Å². The minimum absolute atomic E-state index is 0.0423. The number of para-hydroxylation sites is 1. The van der Waals surface area contributed by atoms with Crippen LogP contribution in [0.5, 0.6) is 0 Å². The van der Waals surface area contributed by atoms with Gasteiger partial charge in [0.15, 0.2) is 0 Å². The highest BCUT2D eigenvalue weighted by atomic mass is 16.2. The molecule has 1 aromatic carbocycles. The average molecular weight is 426 g/mol. The molecule has 2 unspecified atom stereocenters. The van der Waals surface area contributed by atoms with E-state index in [0.29, 0.717) is 31.8 Å². The Kier molecular flexibility index (Phi) is 5.29. The Labute approximate surface area is 182 Å². The summed E-state index contributed by atoms with van der Waals surface area (Å²) in [5.41, 5.74) is 1.45. The van der Waals surface area contributed by atoms with Crippen molar-refractivity contribution in [1.29, 1.82) is 0 Å². The van der Waals surface area contributed by atoms with Crippen molar-refractivity contribution in [2.75, 3.05) is 31.5 Å². The predicted octanol–water partition coefficient (Wildman–Crippen LogP) is 1.56. The molecule has 2 fully saturated rings. The van der Waals surface area contributed by atoms with Crippen LogP contribution < -0.4 is 21.3 Å². The van der Waals surface area contributed by atoms with Gasteiger partial charge in [-0.3, -0.25) is 9.59 Å². The second-order valence-corrected chi connectivity index (χ2v) is 9.69. The molecule has 166 valence electrons. The number of carbonyl (C=O) groups is 3. The van der Waals surface area contributed by atoms with Crippen molar-refractivity contribution in [3.05, 3.63) is 35.9 Å². The highest BCUT2D eigenvalue weighted by Gasteiger charge is 2.56. The molecule has 0 aromatic heterocycles. The van der Waals surface area contributed by atoms with Crippen molar-refractivity contribution >= 4 is 29.1 Å². The molecule has 4 amide bonds. The van der Waals surface area contributed by atoms with E-state index in [2.05, 4.69) is 35.1 Å². The van der Waals surface area contributed by atoms with Crippen LogP contribution in [-0.4, -0.2) is 60.5 Å². The molecule has 4 N–H and O–H groups in total. The van der Waals surface area contributed by atoms with E-state index in [1.165, 1.54) is 0 Å². The molecule has 0 bridgehead atoms. The highest BCUT2D eigenvalue weighted by Crippen LogP contribution is 2.46. The highest BCUT2D eigenvalue weighted by molar-refractivity contribution is 6.31.